The minimum atomic E-state index is -0.918. The predicted molar refractivity (Wildman–Crippen MR) is 93.8 cm³/mol. The predicted octanol–water partition coefficient (Wildman–Crippen LogP) is 3.03. The Morgan fingerprint density at radius 1 is 1.26 bits per heavy atom. The fraction of sp³-hybridized carbons (Fsp3) is 0.222. The number of hydrogen-bond donors (Lipinski definition) is 1. The summed E-state index contributed by atoms with van der Waals surface area (Å²) in [4.78, 5) is 6.36. The highest BCUT2D eigenvalue weighted by atomic mass is 19.1. The number of fused-ring (bicyclic) bond motifs is 2. The van der Waals surface area contributed by atoms with E-state index in [1.54, 1.807) is 28.8 Å². The molecule has 2 aromatic heterocycles. The van der Waals surface area contributed by atoms with Crippen LogP contribution in [0.5, 0.6) is 0 Å². The molecule has 0 spiro atoms. The highest BCUT2D eigenvalue weighted by molar-refractivity contribution is 6.14. The lowest BCUT2D eigenvalue weighted by molar-refractivity contribution is 0.543. The molecule has 0 unspecified atom stereocenters. The second-order valence-electron chi connectivity index (χ2n) is 6.47. The van der Waals surface area contributed by atoms with Crippen molar-refractivity contribution in [2.75, 3.05) is 11.4 Å². The van der Waals surface area contributed by atoms with Gasteiger partial charge in [-0.15, -0.1) is 0 Å². The zero-order valence-corrected chi connectivity index (χ0v) is 14.3. The molecule has 2 aliphatic rings. The first kappa shape index (κ1) is 15.7. The van der Waals surface area contributed by atoms with E-state index in [1.807, 2.05) is 0 Å². The minimum Gasteiger partial charge on any atom is -0.310 e. The summed E-state index contributed by atoms with van der Waals surface area (Å²) < 4.78 is 31.5. The number of rotatable bonds is 1. The van der Waals surface area contributed by atoms with Crippen molar-refractivity contribution in [1.82, 2.24) is 20.0 Å². The molecule has 4 heterocycles. The van der Waals surface area contributed by atoms with Crippen LogP contribution in [0, 0.1) is 29.9 Å². The van der Waals surface area contributed by atoms with Gasteiger partial charge >= 0.3 is 0 Å². The van der Waals surface area contributed by atoms with E-state index >= 15 is 0 Å². The summed E-state index contributed by atoms with van der Waals surface area (Å²) in [6, 6.07) is 3.99. The summed E-state index contributed by atoms with van der Waals surface area (Å²) in [5, 5.41) is 20.7. The van der Waals surface area contributed by atoms with Crippen molar-refractivity contribution in [3.8, 4) is 17.3 Å². The van der Waals surface area contributed by atoms with Crippen LogP contribution in [0.3, 0.4) is 0 Å². The van der Waals surface area contributed by atoms with Crippen molar-refractivity contribution in [3.63, 3.8) is 0 Å². The van der Waals surface area contributed by atoms with Gasteiger partial charge in [0, 0.05) is 13.1 Å². The number of hydrogen-bond acceptors (Lipinski definition) is 5. The van der Waals surface area contributed by atoms with Gasteiger partial charge < -0.3 is 4.90 Å². The van der Waals surface area contributed by atoms with Gasteiger partial charge in [-0.05, 0) is 25.5 Å². The van der Waals surface area contributed by atoms with Crippen LogP contribution >= 0.6 is 0 Å². The number of nitriles is 1. The molecule has 5 rings (SSSR count). The van der Waals surface area contributed by atoms with E-state index in [2.05, 4.69) is 20.3 Å². The smallest absolute Gasteiger partial charge is 0.154 e. The van der Waals surface area contributed by atoms with E-state index in [0.29, 0.717) is 36.0 Å². The number of aryl methyl sites for hydroxylation is 2. The van der Waals surface area contributed by atoms with Crippen molar-refractivity contribution in [2.45, 2.75) is 19.9 Å². The van der Waals surface area contributed by atoms with Crippen molar-refractivity contribution in [3.05, 3.63) is 46.8 Å². The second-order valence-corrected chi connectivity index (χ2v) is 6.47. The number of amidine groups is 1. The molecule has 0 fully saturated rings. The summed E-state index contributed by atoms with van der Waals surface area (Å²) >= 11 is 0. The molecule has 0 bridgehead atoms. The summed E-state index contributed by atoms with van der Waals surface area (Å²) in [6.07, 6.45) is 2.46. The number of anilines is 1. The molecule has 134 valence electrons. The molecule has 2 aliphatic heterocycles. The molecule has 0 amide bonds. The second kappa shape index (κ2) is 5.48. The van der Waals surface area contributed by atoms with Crippen LogP contribution in [0.2, 0.25) is 0 Å². The molecule has 9 heteroatoms. The maximum absolute atomic E-state index is 15.0. The third-order valence-electron chi connectivity index (χ3n) is 4.91. The van der Waals surface area contributed by atoms with Crippen LogP contribution in [-0.4, -0.2) is 32.4 Å². The number of nitrogens with one attached hydrogen (secondary N) is 1. The average Bonchev–Trinajstić information content (AvgIpc) is 3.20. The SMILES string of the molecule is Cc1n[nH]c2c1N=C(c1c(F)ccc(C#N)c1F)N1CCCn3ncc-2c31. The Bertz CT molecular complexity index is 1170. The highest BCUT2D eigenvalue weighted by Gasteiger charge is 2.34. The number of aliphatic imine (C=N–C) groups is 1. The number of halogens is 2. The highest BCUT2D eigenvalue weighted by Crippen LogP contribution is 2.42. The molecule has 3 aromatic rings. The maximum Gasteiger partial charge on any atom is 0.154 e. The van der Waals surface area contributed by atoms with E-state index in [0.717, 1.165) is 24.1 Å². The van der Waals surface area contributed by atoms with Gasteiger partial charge in [0.05, 0.1) is 34.3 Å². The zero-order chi connectivity index (χ0) is 18.7. The van der Waals surface area contributed by atoms with E-state index in [1.165, 1.54) is 0 Å². The van der Waals surface area contributed by atoms with Crippen molar-refractivity contribution < 1.29 is 8.78 Å². The Kier molecular flexibility index (Phi) is 3.18. The number of H-pyrrole nitrogens is 1. The van der Waals surface area contributed by atoms with Gasteiger partial charge in [-0.25, -0.2) is 18.5 Å². The first-order valence-corrected chi connectivity index (χ1v) is 8.46. The van der Waals surface area contributed by atoms with E-state index in [9.17, 15) is 8.78 Å². The van der Waals surface area contributed by atoms with Crippen molar-refractivity contribution >= 4 is 17.3 Å². The van der Waals surface area contributed by atoms with Gasteiger partial charge in [0.1, 0.15) is 29.2 Å². The Labute approximate surface area is 152 Å². The molecule has 0 atom stereocenters. The van der Waals surface area contributed by atoms with Crippen LogP contribution in [0.15, 0.2) is 23.3 Å². The third kappa shape index (κ3) is 2.07. The largest absolute Gasteiger partial charge is 0.310 e. The number of aromatic nitrogens is 4. The van der Waals surface area contributed by atoms with Crippen LogP contribution < -0.4 is 4.90 Å². The number of nitrogens with zero attached hydrogens (tertiary/aromatic N) is 6. The Morgan fingerprint density at radius 3 is 2.93 bits per heavy atom. The third-order valence-corrected chi connectivity index (χ3v) is 4.91. The first-order chi connectivity index (χ1) is 13.1. The van der Waals surface area contributed by atoms with Crippen molar-refractivity contribution in [1.29, 1.82) is 5.26 Å². The first-order valence-electron chi connectivity index (χ1n) is 8.46. The van der Waals surface area contributed by atoms with Crippen LogP contribution in [0.25, 0.3) is 11.3 Å². The van der Waals surface area contributed by atoms with Crippen LogP contribution in [0.1, 0.15) is 23.2 Å². The molecule has 7 nitrogen and oxygen atoms in total. The van der Waals surface area contributed by atoms with Gasteiger partial charge in [-0.1, -0.05) is 0 Å². The Morgan fingerprint density at radius 2 is 2.11 bits per heavy atom. The van der Waals surface area contributed by atoms with E-state index in [4.69, 9.17) is 5.26 Å². The molecule has 0 saturated heterocycles. The molecule has 0 saturated carbocycles. The fourth-order valence-corrected chi connectivity index (χ4v) is 3.65. The van der Waals surface area contributed by atoms with E-state index in [-0.39, 0.29) is 17.0 Å². The lowest BCUT2D eigenvalue weighted by Crippen LogP contribution is -2.39. The monoisotopic (exact) mass is 365 g/mol. The fourth-order valence-electron chi connectivity index (χ4n) is 3.65. The van der Waals surface area contributed by atoms with E-state index < -0.39 is 11.6 Å². The molecule has 1 N–H and O–H groups in total. The van der Waals surface area contributed by atoms with Crippen LogP contribution in [0.4, 0.5) is 20.3 Å². The summed E-state index contributed by atoms with van der Waals surface area (Å²) in [5.41, 5.74) is 2.02. The maximum atomic E-state index is 15.0. The molecule has 0 radical (unpaired) electrons. The molecular formula is C18H13F2N7. The normalized spacial score (nSPS) is 14.9. The summed E-state index contributed by atoms with van der Waals surface area (Å²) in [7, 11) is 0. The van der Waals surface area contributed by atoms with Crippen molar-refractivity contribution in [2.24, 2.45) is 4.99 Å². The topological polar surface area (TPSA) is 85.9 Å². The minimum absolute atomic E-state index is 0.119. The molecule has 0 aliphatic carbocycles. The quantitative estimate of drug-likeness (QED) is 0.718. The number of aromatic amines is 1. The molecular weight excluding hydrogens is 352 g/mol. The summed E-state index contributed by atoms with van der Waals surface area (Å²) in [5.74, 6) is -0.858. The Balaban J connectivity index is 1.87. The molecule has 27 heavy (non-hydrogen) atoms. The number of benzene rings is 1. The van der Waals surface area contributed by atoms with Gasteiger partial charge in [0.2, 0.25) is 0 Å². The van der Waals surface area contributed by atoms with Gasteiger partial charge in [-0.2, -0.15) is 15.5 Å². The lowest BCUT2D eigenvalue weighted by Gasteiger charge is -2.30. The molecule has 1 aromatic carbocycles. The lowest BCUT2D eigenvalue weighted by atomic mass is 10.1. The standard InChI is InChI=1S/C18H13F2N7/c1-9-15-16(25-24-9)11-8-22-27-6-2-5-26(18(11)27)17(23-15)13-12(19)4-3-10(7-21)14(13)20/h3-4,8H,2,5-6H2,1H3,(H,24,25). The zero-order valence-electron chi connectivity index (χ0n) is 14.3. The summed E-state index contributed by atoms with van der Waals surface area (Å²) in [6.45, 7) is 3.00. The van der Waals surface area contributed by atoms with Gasteiger partial charge in [0.25, 0.3) is 0 Å². The Hall–Kier alpha value is -3.54. The van der Waals surface area contributed by atoms with Gasteiger partial charge in [0.15, 0.2) is 5.82 Å². The average molecular weight is 365 g/mol. The van der Waals surface area contributed by atoms with Gasteiger partial charge in [-0.3, -0.25) is 5.10 Å². The van der Waals surface area contributed by atoms with Crippen LogP contribution in [-0.2, 0) is 6.54 Å².